The number of halogens is 1. The number of hydrogen-bond donors (Lipinski definition) is 3. The number of hydrogen-bond acceptors (Lipinski definition) is 7. The first kappa shape index (κ1) is 26.4. The Bertz CT molecular complexity index is 1310. The van der Waals surface area contributed by atoms with E-state index < -0.39 is 41.6 Å². The van der Waals surface area contributed by atoms with Crippen LogP contribution < -0.4 is 10.0 Å². The van der Waals surface area contributed by atoms with Crippen molar-refractivity contribution in [2.45, 2.75) is 52.0 Å². The summed E-state index contributed by atoms with van der Waals surface area (Å²) in [6, 6.07) is 3.25. The molecule has 0 spiro atoms. The van der Waals surface area contributed by atoms with Crippen molar-refractivity contribution < 1.29 is 26.7 Å². The fourth-order valence-corrected chi connectivity index (χ4v) is 6.35. The molecule has 2 aliphatic rings. The Kier molecular flexibility index (Phi) is 6.79. The number of aliphatic hydroxyl groups excluding tert-OH is 1. The van der Waals surface area contributed by atoms with Gasteiger partial charge < -0.3 is 15.3 Å². The molecule has 0 aliphatic carbocycles. The molecule has 3 rings (SSSR count). The van der Waals surface area contributed by atoms with E-state index in [1.54, 1.807) is 4.90 Å². The molecule has 12 heteroatoms. The second-order valence-corrected chi connectivity index (χ2v) is 14.3. The molecule has 1 aromatic carbocycles. The van der Waals surface area contributed by atoms with Crippen LogP contribution in [0.15, 0.2) is 44.5 Å². The summed E-state index contributed by atoms with van der Waals surface area (Å²) in [5.41, 5.74) is -0.739. The molecule has 0 aromatic heterocycles. The number of benzene rings is 1. The second kappa shape index (κ2) is 8.76. The molecule has 0 bridgehead atoms. The van der Waals surface area contributed by atoms with Crippen molar-refractivity contribution in [3.05, 3.63) is 39.6 Å². The third-order valence-corrected chi connectivity index (χ3v) is 8.58. The van der Waals surface area contributed by atoms with Crippen LogP contribution in [-0.2, 0) is 24.7 Å². The molecule has 1 aromatic rings. The third kappa shape index (κ3) is 4.92. The largest absolute Gasteiger partial charge is 0.509 e. The van der Waals surface area contributed by atoms with Crippen molar-refractivity contribution in [1.29, 1.82) is 0 Å². The summed E-state index contributed by atoms with van der Waals surface area (Å²) in [6.07, 6.45) is 1.65. The molecule has 1 atom stereocenters. The molecule has 0 unspecified atom stereocenters. The van der Waals surface area contributed by atoms with E-state index >= 15 is 0 Å². The van der Waals surface area contributed by atoms with Gasteiger partial charge in [0.15, 0.2) is 4.36 Å². The highest BCUT2D eigenvalue weighted by molar-refractivity contribution is 7.97. The van der Waals surface area contributed by atoms with Gasteiger partial charge in [0, 0.05) is 12.2 Å². The van der Waals surface area contributed by atoms with Gasteiger partial charge in [-0.15, -0.1) is 0 Å². The van der Waals surface area contributed by atoms with Crippen LogP contribution in [0.25, 0.3) is 0 Å². The third-order valence-electron chi connectivity index (χ3n) is 5.59. The van der Waals surface area contributed by atoms with E-state index in [4.69, 9.17) is 11.6 Å². The van der Waals surface area contributed by atoms with E-state index in [9.17, 15) is 26.7 Å². The lowest BCUT2D eigenvalue weighted by atomic mass is 9.85. The Morgan fingerprint density at radius 2 is 1.88 bits per heavy atom. The molecular formula is C22H30ClN3O6S2. The van der Waals surface area contributed by atoms with E-state index in [2.05, 4.69) is 10.0 Å². The van der Waals surface area contributed by atoms with Gasteiger partial charge in [-0.05, 0) is 36.0 Å². The SMILES string of the molecule is CC(C)CCN1C(=O)C(C2=C(Cl)S(=O)(=O)c3cc(NS(C)(=O)=O)ccc3N2)=C(O)[C@@H]1C(C)(C)C. The van der Waals surface area contributed by atoms with Crippen LogP contribution in [0.3, 0.4) is 0 Å². The fraction of sp³-hybridized carbons (Fsp3) is 0.500. The number of rotatable bonds is 6. The van der Waals surface area contributed by atoms with E-state index in [1.807, 2.05) is 34.6 Å². The molecule has 2 heterocycles. The van der Waals surface area contributed by atoms with E-state index in [0.717, 1.165) is 12.3 Å². The smallest absolute Gasteiger partial charge is 0.260 e. The second-order valence-electron chi connectivity index (χ2n) is 10.1. The molecule has 0 saturated heterocycles. The van der Waals surface area contributed by atoms with Gasteiger partial charge in [0.1, 0.15) is 11.3 Å². The van der Waals surface area contributed by atoms with E-state index in [1.165, 1.54) is 12.1 Å². The highest BCUT2D eigenvalue weighted by Gasteiger charge is 2.48. The Morgan fingerprint density at radius 3 is 2.41 bits per heavy atom. The Morgan fingerprint density at radius 1 is 1.26 bits per heavy atom. The van der Waals surface area contributed by atoms with Crippen molar-refractivity contribution in [3.8, 4) is 0 Å². The average Bonchev–Trinajstić information content (AvgIpc) is 2.92. The monoisotopic (exact) mass is 531 g/mol. The lowest BCUT2D eigenvalue weighted by Crippen LogP contribution is -2.44. The van der Waals surface area contributed by atoms with Crippen LogP contribution in [0.1, 0.15) is 41.0 Å². The van der Waals surface area contributed by atoms with Crippen LogP contribution in [-0.4, -0.2) is 51.6 Å². The minimum atomic E-state index is -4.30. The number of nitrogens with one attached hydrogen (secondary N) is 2. The first-order valence-corrected chi connectivity index (χ1v) is 14.5. The van der Waals surface area contributed by atoms with Gasteiger partial charge in [-0.25, -0.2) is 16.8 Å². The van der Waals surface area contributed by atoms with Crippen LogP contribution in [0.2, 0.25) is 0 Å². The number of nitrogens with zero attached hydrogens (tertiary/aromatic N) is 1. The molecule has 3 N–H and O–H groups in total. The summed E-state index contributed by atoms with van der Waals surface area (Å²) in [7, 11) is -7.93. The summed E-state index contributed by atoms with van der Waals surface area (Å²) in [5.74, 6) is -0.430. The maximum absolute atomic E-state index is 13.5. The fourth-order valence-electron chi connectivity index (χ4n) is 4.10. The summed E-state index contributed by atoms with van der Waals surface area (Å²) in [4.78, 5) is 14.8. The van der Waals surface area contributed by atoms with Crippen LogP contribution in [0.5, 0.6) is 0 Å². The number of carbonyl (C=O) groups excluding carboxylic acids is 1. The van der Waals surface area contributed by atoms with Crippen LogP contribution in [0.4, 0.5) is 11.4 Å². The first-order valence-electron chi connectivity index (χ1n) is 10.7. The van der Waals surface area contributed by atoms with Crippen molar-refractivity contribution in [2.75, 3.05) is 22.8 Å². The van der Waals surface area contributed by atoms with Gasteiger partial charge in [-0.2, -0.15) is 0 Å². The summed E-state index contributed by atoms with van der Waals surface area (Å²) < 4.78 is 51.1. The molecule has 0 fully saturated rings. The van der Waals surface area contributed by atoms with Crippen LogP contribution >= 0.6 is 11.6 Å². The van der Waals surface area contributed by atoms with Gasteiger partial charge in [-0.1, -0.05) is 46.2 Å². The van der Waals surface area contributed by atoms with Gasteiger partial charge in [0.05, 0.1) is 28.6 Å². The van der Waals surface area contributed by atoms with Gasteiger partial charge in [0.2, 0.25) is 19.9 Å². The highest BCUT2D eigenvalue weighted by Crippen LogP contribution is 2.45. The number of aliphatic hydroxyl groups is 1. The molecular weight excluding hydrogens is 502 g/mol. The normalized spacial score (nSPS) is 20.6. The zero-order valence-electron chi connectivity index (χ0n) is 19.9. The Balaban J connectivity index is 2.12. The maximum atomic E-state index is 13.5. The molecule has 2 aliphatic heterocycles. The zero-order chi connectivity index (χ0) is 25.8. The lowest BCUT2D eigenvalue weighted by molar-refractivity contribution is -0.128. The highest BCUT2D eigenvalue weighted by atomic mass is 35.5. The number of sulfone groups is 1. The average molecular weight is 532 g/mol. The Hall–Kier alpha value is -2.24. The number of anilines is 2. The molecule has 0 radical (unpaired) electrons. The predicted octanol–water partition coefficient (Wildman–Crippen LogP) is 3.78. The topological polar surface area (TPSA) is 133 Å². The number of carbonyl (C=O) groups is 1. The molecule has 34 heavy (non-hydrogen) atoms. The van der Waals surface area contributed by atoms with Gasteiger partial charge in [0.25, 0.3) is 5.91 Å². The van der Waals surface area contributed by atoms with Crippen LogP contribution in [0, 0.1) is 11.3 Å². The zero-order valence-corrected chi connectivity index (χ0v) is 22.3. The molecule has 0 saturated carbocycles. The number of fused-ring (bicyclic) bond motifs is 1. The van der Waals surface area contributed by atoms with Crippen molar-refractivity contribution >= 4 is 48.7 Å². The maximum Gasteiger partial charge on any atom is 0.260 e. The number of amides is 1. The van der Waals surface area contributed by atoms with Crippen molar-refractivity contribution in [2.24, 2.45) is 11.3 Å². The number of sulfonamides is 1. The lowest BCUT2D eigenvalue weighted by Gasteiger charge is -2.35. The van der Waals surface area contributed by atoms with Gasteiger partial charge >= 0.3 is 0 Å². The van der Waals surface area contributed by atoms with E-state index in [-0.39, 0.29) is 33.3 Å². The summed E-state index contributed by atoms with van der Waals surface area (Å²) in [6.45, 7) is 10.1. The van der Waals surface area contributed by atoms with Crippen molar-refractivity contribution in [1.82, 2.24) is 4.90 Å². The standard InChI is InChI=1S/C22H30ClN3O6S2/c1-12(2)9-10-26-19(22(3,4)5)18(27)16(21(26)28)17-20(23)34(31,32)15-11-13(25-33(6,29)30)7-8-14(15)24-17/h7-8,11-12,19,24-25,27H,9-10H2,1-6H3/t19-/m1/s1. The summed E-state index contributed by atoms with van der Waals surface area (Å²) >= 11 is 6.31. The molecule has 1 amide bonds. The Labute approximate surface area is 205 Å². The molecule has 188 valence electrons. The van der Waals surface area contributed by atoms with Crippen molar-refractivity contribution in [3.63, 3.8) is 0 Å². The quantitative estimate of drug-likeness (QED) is 0.508. The van der Waals surface area contributed by atoms with E-state index in [0.29, 0.717) is 18.9 Å². The minimum Gasteiger partial charge on any atom is -0.509 e. The van der Waals surface area contributed by atoms with Gasteiger partial charge in [-0.3, -0.25) is 9.52 Å². The minimum absolute atomic E-state index is 0.0474. The molecule has 9 nitrogen and oxygen atoms in total. The predicted molar refractivity (Wildman–Crippen MR) is 133 cm³/mol. The first-order chi connectivity index (χ1) is 15.4. The summed E-state index contributed by atoms with van der Waals surface area (Å²) in [5, 5.41) is 14.0.